The molecule has 2 fully saturated rings. The molecule has 2 aliphatic heterocycles. The second kappa shape index (κ2) is 13.6. The van der Waals surface area contributed by atoms with Crippen LogP contribution >= 0.6 is 11.6 Å². The van der Waals surface area contributed by atoms with Gasteiger partial charge in [0.1, 0.15) is 5.69 Å². The standard InChI is InChI=1S/C27H28ClF3N10O2.CH2O2/c28-20-13-17(36-23-24-34-15-21(41(24)8-5-33-23)19-14-35-37-22(19)27(29,30)31)1-2-18(20)25(42)38-9-11-40(12-10-38)26(43)39-6-3-16(32)4-7-39;2-1-3/h1-2,5,8,13-16H,3-4,6-7,9-12,32H2,(H,33,36)(H,35,37);1H,(H,2,3). The Morgan fingerprint density at radius 3 is 2.35 bits per heavy atom. The number of imidazole rings is 1. The number of benzene rings is 1. The smallest absolute Gasteiger partial charge is 0.433 e. The highest BCUT2D eigenvalue weighted by Crippen LogP contribution is 2.36. The Labute approximate surface area is 264 Å². The first-order valence-electron chi connectivity index (χ1n) is 14.2. The van der Waals surface area contributed by atoms with Crippen LogP contribution in [0.15, 0.2) is 43.0 Å². The lowest BCUT2D eigenvalue weighted by Crippen LogP contribution is -2.55. The highest BCUT2D eigenvalue weighted by Gasteiger charge is 2.37. The molecule has 1 aromatic carbocycles. The minimum atomic E-state index is -4.62. The van der Waals surface area contributed by atoms with Crippen LogP contribution in [0.5, 0.6) is 0 Å². The lowest BCUT2D eigenvalue weighted by molar-refractivity contribution is -0.140. The number of nitrogens with one attached hydrogen (secondary N) is 2. The largest absolute Gasteiger partial charge is 0.483 e. The lowest BCUT2D eigenvalue weighted by Gasteiger charge is -2.39. The zero-order chi connectivity index (χ0) is 33.0. The van der Waals surface area contributed by atoms with Crippen LogP contribution < -0.4 is 11.1 Å². The number of piperazine rings is 1. The number of aromatic nitrogens is 5. The molecule has 2 saturated heterocycles. The highest BCUT2D eigenvalue weighted by molar-refractivity contribution is 6.34. The van der Waals surface area contributed by atoms with Gasteiger partial charge >= 0.3 is 12.2 Å². The van der Waals surface area contributed by atoms with Gasteiger partial charge in [-0.25, -0.2) is 14.8 Å². The van der Waals surface area contributed by atoms with E-state index in [4.69, 9.17) is 27.2 Å². The number of nitrogens with two attached hydrogens (primary N) is 1. The second-order valence-electron chi connectivity index (χ2n) is 10.6. The molecule has 3 aromatic heterocycles. The Morgan fingerprint density at radius 1 is 1.04 bits per heavy atom. The van der Waals surface area contributed by atoms with Crippen LogP contribution in [0.1, 0.15) is 28.9 Å². The zero-order valence-electron chi connectivity index (χ0n) is 24.2. The van der Waals surface area contributed by atoms with Crippen LogP contribution in [0, 0.1) is 0 Å². The van der Waals surface area contributed by atoms with Gasteiger partial charge in [0, 0.05) is 63.4 Å². The fourth-order valence-corrected chi connectivity index (χ4v) is 5.63. The molecular weight excluding hydrogens is 633 g/mol. The van der Waals surface area contributed by atoms with Gasteiger partial charge in [-0.05, 0) is 31.0 Å². The second-order valence-corrected chi connectivity index (χ2v) is 11.0. The Bertz CT molecular complexity index is 1710. The third kappa shape index (κ3) is 6.84. The van der Waals surface area contributed by atoms with Crippen molar-refractivity contribution in [2.75, 3.05) is 44.6 Å². The predicted molar refractivity (Wildman–Crippen MR) is 161 cm³/mol. The SMILES string of the molecule is NC1CCN(C(=O)N2CCN(C(=O)c3ccc(Nc4nccn5c(-c6cn[nH]c6C(F)(F)F)cnc45)cc3Cl)CC2)CC1.O=CO. The van der Waals surface area contributed by atoms with Crippen molar-refractivity contribution in [1.29, 1.82) is 0 Å². The molecule has 18 heteroatoms. The third-order valence-electron chi connectivity index (χ3n) is 7.74. The molecule has 3 amide bonds. The van der Waals surface area contributed by atoms with E-state index in [0.29, 0.717) is 50.5 Å². The molecule has 0 saturated carbocycles. The predicted octanol–water partition coefficient (Wildman–Crippen LogP) is 3.54. The molecule has 0 atom stereocenters. The van der Waals surface area contributed by atoms with Crippen LogP contribution in [-0.2, 0) is 11.0 Å². The number of amides is 3. The number of halogens is 4. The van der Waals surface area contributed by atoms with Gasteiger partial charge in [-0.3, -0.25) is 19.1 Å². The first kappa shape index (κ1) is 32.5. The average Bonchev–Trinajstić information content (AvgIpc) is 3.70. The van der Waals surface area contributed by atoms with E-state index >= 15 is 0 Å². The van der Waals surface area contributed by atoms with E-state index in [2.05, 4.69) is 20.4 Å². The number of rotatable bonds is 4. The van der Waals surface area contributed by atoms with Crippen molar-refractivity contribution >= 4 is 47.2 Å². The van der Waals surface area contributed by atoms with Gasteiger partial charge in [0.2, 0.25) is 0 Å². The number of fused-ring (bicyclic) bond motifs is 1. The molecule has 244 valence electrons. The molecule has 5 heterocycles. The van der Waals surface area contributed by atoms with E-state index in [0.717, 1.165) is 19.0 Å². The van der Waals surface area contributed by atoms with E-state index in [-0.39, 0.29) is 52.2 Å². The number of hydrogen-bond donors (Lipinski definition) is 4. The van der Waals surface area contributed by atoms with Crippen LogP contribution in [0.2, 0.25) is 5.02 Å². The maximum absolute atomic E-state index is 13.4. The van der Waals surface area contributed by atoms with Crippen molar-refractivity contribution in [3.8, 4) is 11.3 Å². The quantitative estimate of drug-likeness (QED) is 0.238. The van der Waals surface area contributed by atoms with E-state index in [1.54, 1.807) is 28.0 Å². The lowest BCUT2D eigenvalue weighted by atomic mass is 10.1. The Balaban J connectivity index is 0.00000134. The van der Waals surface area contributed by atoms with Gasteiger partial charge in [-0.1, -0.05) is 11.6 Å². The number of likely N-dealkylation sites (tertiary alicyclic amines) is 1. The molecule has 0 aliphatic carbocycles. The summed E-state index contributed by atoms with van der Waals surface area (Å²) in [4.78, 5) is 48.3. The minimum Gasteiger partial charge on any atom is -0.483 e. The number of nitrogens with zero attached hydrogens (tertiary/aromatic N) is 7. The number of carbonyl (C=O) groups is 3. The molecule has 46 heavy (non-hydrogen) atoms. The number of H-pyrrole nitrogens is 1. The van der Waals surface area contributed by atoms with Gasteiger partial charge in [-0.15, -0.1) is 0 Å². The zero-order valence-corrected chi connectivity index (χ0v) is 25.0. The van der Waals surface area contributed by atoms with Gasteiger partial charge in [-0.2, -0.15) is 18.3 Å². The summed E-state index contributed by atoms with van der Waals surface area (Å²) in [6, 6.07) is 4.94. The van der Waals surface area contributed by atoms with E-state index in [9.17, 15) is 22.8 Å². The molecule has 0 radical (unpaired) electrons. The van der Waals surface area contributed by atoms with Crippen LogP contribution in [0.4, 0.5) is 29.5 Å². The van der Waals surface area contributed by atoms with Crippen LogP contribution in [0.3, 0.4) is 0 Å². The third-order valence-corrected chi connectivity index (χ3v) is 8.05. The summed E-state index contributed by atoms with van der Waals surface area (Å²) < 4.78 is 41.8. The van der Waals surface area contributed by atoms with Gasteiger partial charge in [0.25, 0.3) is 12.4 Å². The maximum atomic E-state index is 13.4. The van der Waals surface area contributed by atoms with Crippen LogP contribution in [-0.4, -0.2) is 108 Å². The summed E-state index contributed by atoms with van der Waals surface area (Å²) >= 11 is 6.53. The normalized spacial score (nSPS) is 15.8. The van der Waals surface area contributed by atoms with Crippen molar-refractivity contribution in [1.82, 2.24) is 39.3 Å². The monoisotopic (exact) mass is 662 g/mol. The molecule has 14 nitrogen and oxygen atoms in total. The van der Waals surface area contributed by atoms with E-state index < -0.39 is 11.9 Å². The molecule has 2 aliphatic rings. The number of hydrogen-bond acceptors (Lipinski definition) is 8. The molecule has 6 rings (SSSR count). The first-order chi connectivity index (χ1) is 22.0. The van der Waals surface area contributed by atoms with Crippen molar-refractivity contribution < 1.29 is 32.7 Å². The summed E-state index contributed by atoms with van der Waals surface area (Å²) in [7, 11) is 0. The summed E-state index contributed by atoms with van der Waals surface area (Å²) in [6.45, 7) is 2.66. The summed E-state index contributed by atoms with van der Waals surface area (Å²) in [5.74, 6) is 0.0312. The number of carbonyl (C=O) groups excluding carboxylic acids is 2. The highest BCUT2D eigenvalue weighted by atomic mass is 35.5. The van der Waals surface area contributed by atoms with Crippen molar-refractivity contribution in [3.05, 3.63) is 59.3 Å². The number of alkyl halides is 3. The molecule has 4 aromatic rings. The topological polar surface area (TPSA) is 178 Å². The van der Waals surface area contributed by atoms with Crippen molar-refractivity contribution in [2.24, 2.45) is 5.73 Å². The first-order valence-corrected chi connectivity index (χ1v) is 14.6. The molecule has 5 N–H and O–H groups in total. The molecule has 0 bridgehead atoms. The Hall–Kier alpha value is -4.90. The van der Waals surface area contributed by atoms with Crippen LogP contribution in [0.25, 0.3) is 16.9 Å². The van der Waals surface area contributed by atoms with E-state index in [1.807, 2.05) is 10.00 Å². The number of piperidine rings is 1. The summed E-state index contributed by atoms with van der Waals surface area (Å²) in [5.41, 5.74) is 6.10. The maximum Gasteiger partial charge on any atom is 0.433 e. The summed E-state index contributed by atoms with van der Waals surface area (Å²) in [6.07, 6.45) is 2.29. The average molecular weight is 663 g/mol. The summed E-state index contributed by atoms with van der Waals surface area (Å²) in [5, 5.41) is 15.7. The Morgan fingerprint density at radius 2 is 1.70 bits per heavy atom. The van der Waals surface area contributed by atoms with Gasteiger partial charge < -0.3 is 30.9 Å². The number of anilines is 2. The number of carboxylic acid groups (broad SMARTS) is 1. The molecule has 0 spiro atoms. The minimum absolute atomic E-state index is 0.0220. The van der Waals surface area contributed by atoms with Gasteiger partial charge in [0.05, 0.1) is 34.2 Å². The molecule has 0 unspecified atom stereocenters. The number of aromatic amines is 1. The Kier molecular flexibility index (Phi) is 9.62. The number of urea groups is 1. The fraction of sp³-hybridized carbons (Fsp3) is 0.357. The van der Waals surface area contributed by atoms with Gasteiger partial charge in [0.15, 0.2) is 11.5 Å². The fourth-order valence-electron chi connectivity index (χ4n) is 5.37. The molecular formula is C28H30ClF3N10O4. The van der Waals surface area contributed by atoms with Crippen molar-refractivity contribution in [3.63, 3.8) is 0 Å². The van der Waals surface area contributed by atoms with E-state index in [1.165, 1.54) is 23.0 Å². The van der Waals surface area contributed by atoms with Crippen molar-refractivity contribution in [2.45, 2.75) is 25.1 Å².